The number of methoxy groups -OCH3 is 2. The van der Waals surface area contributed by atoms with Crippen molar-refractivity contribution in [3.05, 3.63) is 58.7 Å². The molecule has 29 heavy (non-hydrogen) atoms. The first-order valence-corrected chi connectivity index (χ1v) is 10.7. The third-order valence-corrected chi connectivity index (χ3v) is 6.41. The molecule has 6 heteroatoms. The first kappa shape index (κ1) is 25.9. The summed E-state index contributed by atoms with van der Waals surface area (Å²) in [6, 6.07) is 11.8. The van der Waals surface area contributed by atoms with Gasteiger partial charge in [0.1, 0.15) is 13.9 Å². The molecule has 0 aliphatic heterocycles. The summed E-state index contributed by atoms with van der Waals surface area (Å²) in [5.74, 6) is 0.755. The van der Waals surface area contributed by atoms with Gasteiger partial charge in [0.05, 0.1) is 20.3 Å². The zero-order chi connectivity index (χ0) is 20.9. The third kappa shape index (κ3) is 6.68. The van der Waals surface area contributed by atoms with E-state index in [4.69, 9.17) is 14.0 Å². The van der Waals surface area contributed by atoms with Crippen molar-refractivity contribution < 1.29 is 18.8 Å². The van der Waals surface area contributed by atoms with Gasteiger partial charge in [0.25, 0.3) is 0 Å². The molecule has 2 aromatic rings. The smallest absolute Gasteiger partial charge is 0.216 e. The van der Waals surface area contributed by atoms with Crippen LogP contribution in [0.15, 0.2) is 36.4 Å². The maximum absolute atomic E-state index is 13.5. The normalized spacial score (nSPS) is 12.2. The van der Waals surface area contributed by atoms with Crippen LogP contribution in [0.2, 0.25) is 0 Å². The molecule has 1 unspecified atom stereocenters. The van der Waals surface area contributed by atoms with E-state index < -0.39 is 8.15 Å². The van der Waals surface area contributed by atoms with Crippen molar-refractivity contribution in [1.82, 2.24) is 0 Å². The molecule has 0 aliphatic rings. The van der Waals surface area contributed by atoms with Crippen molar-refractivity contribution in [1.29, 1.82) is 0 Å². The molecular formula is C23H31LiO4P. The van der Waals surface area contributed by atoms with Crippen LogP contribution < -0.4 is 10.0 Å². The van der Waals surface area contributed by atoms with E-state index in [2.05, 4.69) is 32.9 Å². The van der Waals surface area contributed by atoms with Gasteiger partial charge in [0, 0.05) is 36.8 Å². The summed E-state index contributed by atoms with van der Waals surface area (Å²) in [5.41, 5.74) is 4.04. The van der Waals surface area contributed by atoms with E-state index in [0.29, 0.717) is 13.2 Å². The first-order valence-electron chi connectivity index (χ1n) is 9.41. The average molecular weight is 409 g/mol. The number of hydrogen-bond acceptors (Lipinski definition) is 4. The number of carbonyl (C=O) groups excluding carboxylic acids is 1. The van der Waals surface area contributed by atoms with Gasteiger partial charge in [-0.3, -0.25) is 4.79 Å². The number of hydrogen-bond donors (Lipinski definition) is 0. The second kappa shape index (κ2) is 11.3. The zero-order valence-electron chi connectivity index (χ0n) is 19.0. The van der Waals surface area contributed by atoms with Crippen LogP contribution in [0.5, 0.6) is 5.75 Å². The van der Waals surface area contributed by atoms with Gasteiger partial charge in [0.2, 0.25) is 5.52 Å². The maximum atomic E-state index is 13.5. The number of ether oxygens (including phenoxy) is 2. The maximum Gasteiger partial charge on any atom is 0.216 e. The Morgan fingerprint density at radius 3 is 1.97 bits per heavy atom. The SMILES string of the molecule is COCCOP(C(=O)c1c(C)cc(C(C)(C)C)cc1C)c1ccc(OC)cc1.[Li]. The minimum Gasteiger partial charge on any atom is -0.497 e. The van der Waals surface area contributed by atoms with Gasteiger partial charge < -0.3 is 14.0 Å². The van der Waals surface area contributed by atoms with E-state index in [1.807, 2.05) is 38.1 Å². The fraction of sp³-hybridized carbons (Fsp3) is 0.435. The van der Waals surface area contributed by atoms with Crippen LogP contribution >= 0.6 is 8.15 Å². The largest absolute Gasteiger partial charge is 0.497 e. The van der Waals surface area contributed by atoms with Crippen LogP contribution in [-0.4, -0.2) is 51.8 Å². The molecular weight excluding hydrogens is 378 g/mol. The molecule has 1 radical (unpaired) electrons. The quantitative estimate of drug-likeness (QED) is 0.358. The second-order valence-corrected chi connectivity index (χ2v) is 9.63. The van der Waals surface area contributed by atoms with Crippen molar-refractivity contribution >= 4 is 37.8 Å². The third-order valence-electron chi connectivity index (χ3n) is 4.61. The van der Waals surface area contributed by atoms with E-state index in [-0.39, 0.29) is 29.8 Å². The van der Waals surface area contributed by atoms with E-state index in [0.717, 1.165) is 27.7 Å². The molecule has 0 N–H and O–H groups in total. The van der Waals surface area contributed by atoms with E-state index >= 15 is 0 Å². The van der Waals surface area contributed by atoms with Gasteiger partial charge in [-0.05, 0) is 60.2 Å². The van der Waals surface area contributed by atoms with Crippen LogP contribution in [0, 0.1) is 13.8 Å². The van der Waals surface area contributed by atoms with Crippen molar-refractivity contribution in [2.45, 2.75) is 40.0 Å². The summed E-state index contributed by atoms with van der Waals surface area (Å²) >= 11 is 0. The Kier molecular flexibility index (Phi) is 10.1. The summed E-state index contributed by atoms with van der Waals surface area (Å²) in [7, 11) is 1.79. The average Bonchev–Trinajstić information content (AvgIpc) is 2.64. The molecule has 0 amide bonds. The Hall–Kier alpha value is -1.14. The van der Waals surface area contributed by atoms with Gasteiger partial charge in [-0.2, -0.15) is 0 Å². The van der Waals surface area contributed by atoms with E-state index in [1.54, 1.807) is 14.2 Å². The van der Waals surface area contributed by atoms with Gasteiger partial charge in [-0.15, -0.1) is 0 Å². The molecule has 0 saturated carbocycles. The summed E-state index contributed by atoms with van der Waals surface area (Å²) in [6.45, 7) is 11.4. The number of aryl methyl sites for hydroxylation is 2. The van der Waals surface area contributed by atoms with Crippen LogP contribution in [0.3, 0.4) is 0 Å². The van der Waals surface area contributed by atoms with Crippen molar-refractivity contribution in [2.24, 2.45) is 0 Å². The summed E-state index contributed by atoms with van der Waals surface area (Å²) in [5, 5.41) is 0.871. The first-order chi connectivity index (χ1) is 13.2. The molecule has 2 rings (SSSR count). The molecule has 0 heterocycles. The monoisotopic (exact) mass is 409 g/mol. The standard InChI is InChI=1S/C23H31O4P.Li/c1-16-14-18(23(3,4)5)15-17(2)21(16)22(24)28(27-13-12-25-6)20-10-8-19(26-7)9-11-20;/h8-11,14-15H,12-13H2,1-7H3;. The summed E-state index contributed by atoms with van der Waals surface area (Å²) in [6.07, 6.45) is 0. The molecule has 0 spiro atoms. The van der Waals surface area contributed by atoms with Gasteiger partial charge in [0.15, 0.2) is 0 Å². The van der Waals surface area contributed by atoms with Gasteiger partial charge >= 0.3 is 0 Å². The topological polar surface area (TPSA) is 44.8 Å². The predicted octanol–water partition coefficient (Wildman–Crippen LogP) is 4.75. The van der Waals surface area contributed by atoms with Crippen molar-refractivity contribution in [2.75, 3.05) is 27.4 Å². The zero-order valence-corrected chi connectivity index (χ0v) is 19.9. The Bertz CT molecular complexity index is 790. The Labute approximate surface area is 188 Å². The number of carbonyl (C=O) groups is 1. The second-order valence-electron chi connectivity index (χ2n) is 7.86. The molecule has 0 fully saturated rings. The molecule has 153 valence electrons. The van der Waals surface area contributed by atoms with Crippen molar-refractivity contribution in [3.8, 4) is 5.75 Å². The van der Waals surface area contributed by atoms with Crippen molar-refractivity contribution in [3.63, 3.8) is 0 Å². The van der Waals surface area contributed by atoms with Crippen LogP contribution in [0.4, 0.5) is 0 Å². The molecule has 0 bridgehead atoms. The Morgan fingerprint density at radius 1 is 0.966 bits per heavy atom. The Morgan fingerprint density at radius 2 is 1.52 bits per heavy atom. The molecule has 0 aromatic heterocycles. The number of benzene rings is 2. The number of rotatable bonds is 8. The minimum absolute atomic E-state index is 0. The van der Waals surface area contributed by atoms with Crippen LogP contribution in [0.1, 0.15) is 47.8 Å². The van der Waals surface area contributed by atoms with E-state index in [9.17, 15) is 4.79 Å². The Balaban J connectivity index is 0.00000420. The van der Waals surface area contributed by atoms with Gasteiger partial charge in [-0.25, -0.2) is 0 Å². The molecule has 2 aromatic carbocycles. The molecule has 1 atom stereocenters. The minimum atomic E-state index is -1.47. The molecule has 0 saturated heterocycles. The van der Waals surface area contributed by atoms with Gasteiger partial charge in [-0.1, -0.05) is 32.9 Å². The summed E-state index contributed by atoms with van der Waals surface area (Å²) < 4.78 is 16.4. The van der Waals surface area contributed by atoms with Crippen LogP contribution in [-0.2, 0) is 14.7 Å². The molecule has 0 aliphatic carbocycles. The predicted molar refractivity (Wildman–Crippen MR) is 122 cm³/mol. The summed E-state index contributed by atoms with van der Waals surface area (Å²) in [4.78, 5) is 13.5. The van der Waals surface area contributed by atoms with Crippen LogP contribution in [0.25, 0.3) is 0 Å². The fourth-order valence-corrected chi connectivity index (χ4v) is 4.75. The fourth-order valence-electron chi connectivity index (χ4n) is 3.02. The molecule has 4 nitrogen and oxygen atoms in total. The van der Waals surface area contributed by atoms with E-state index in [1.165, 1.54) is 5.56 Å².